The minimum absolute atomic E-state index is 0.0304. The zero-order valence-corrected chi connectivity index (χ0v) is 23.7. The number of amides is 1. The van der Waals surface area contributed by atoms with Crippen molar-refractivity contribution < 1.29 is 28.2 Å². The van der Waals surface area contributed by atoms with Gasteiger partial charge in [0.15, 0.2) is 0 Å². The third-order valence-electron chi connectivity index (χ3n) is 7.56. The second-order valence-electron chi connectivity index (χ2n) is 10.8. The van der Waals surface area contributed by atoms with Crippen molar-refractivity contribution >= 4 is 15.9 Å². The lowest BCUT2D eigenvalue weighted by Gasteiger charge is -2.37. The Morgan fingerprint density at radius 2 is 1.92 bits per heavy atom. The molecule has 210 valence electrons. The molecule has 0 saturated heterocycles. The van der Waals surface area contributed by atoms with Gasteiger partial charge in [0.25, 0.3) is 5.91 Å². The number of likely N-dealkylation sites (N-methyl/N-ethyl adjacent to an activating group) is 1. The Balaban J connectivity index is 1.66. The highest BCUT2D eigenvalue weighted by Gasteiger charge is 2.36. The van der Waals surface area contributed by atoms with Gasteiger partial charge in [-0.05, 0) is 57.7 Å². The SMILES string of the molecule is Cc1ccc(S(=O)(=O)N(C)C[C@H]2Oc3ncc(C#CC4(O)CCCC4)cc3C(=O)N([C@@H](C)CO)C[C@@H]2C)cc1. The number of rotatable bonds is 6. The molecule has 0 bridgehead atoms. The Hall–Kier alpha value is -2.97. The van der Waals surface area contributed by atoms with Crippen LogP contribution in [-0.4, -0.2) is 83.2 Å². The molecule has 1 amide bonds. The Labute approximate surface area is 230 Å². The van der Waals surface area contributed by atoms with E-state index < -0.39 is 27.8 Å². The molecule has 10 heteroatoms. The molecule has 39 heavy (non-hydrogen) atoms. The number of hydrogen-bond donors (Lipinski definition) is 2. The predicted octanol–water partition coefficient (Wildman–Crippen LogP) is 2.59. The smallest absolute Gasteiger partial charge is 0.259 e. The summed E-state index contributed by atoms with van der Waals surface area (Å²) < 4.78 is 34.0. The maximum Gasteiger partial charge on any atom is 0.259 e. The highest BCUT2D eigenvalue weighted by Crippen LogP contribution is 2.30. The van der Waals surface area contributed by atoms with E-state index in [-0.39, 0.29) is 47.9 Å². The maximum absolute atomic E-state index is 13.6. The molecule has 1 aliphatic heterocycles. The molecule has 2 N–H and O–H groups in total. The van der Waals surface area contributed by atoms with Crippen LogP contribution in [0.25, 0.3) is 0 Å². The maximum atomic E-state index is 13.6. The number of carbonyl (C=O) groups excluding carboxylic acids is 1. The van der Waals surface area contributed by atoms with E-state index in [0.717, 1.165) is 18.4 Å². The lowest BCUT2D eigenvalue weighted by Crippen LogP contribution is -2.50. The van der Waals surface area contributed by atoms with E-state index in [1.807, 2.05) is 13.8 Å². The molecule has 4 rings (SSSR count). The van der Waals surface area contributed by atoms with Crippen LogP contribution in [-0.2, 0) is 10.0 Å². The number of carbonyl (C=O) groups is 1. The van der Waals surface area contributed by atoms with Gasteiger partial charge in [-0.1, -0.05) is 36.5 Å². The van der Waals surface area contributed by atoms with Crippen LogP contribution in [0.4, 0.5) is 0 Å². The topological polar surface area (TPSA) is 120 Å². The minimum Gasteiger partial charge on any atom is -0.472 e. The van der Waals surface area contributed by atoms with Crippen molar-refractivity contribution in [3.8, 4) is 17.7 Å². The molecule has 1 aromatic carbocycles. The summed E-state index contributed by atoms with van der Waals surface area (Å²) in [5.74, 6) is 5.35. The third-order valence-corrected chi connectivity index (χ3v) is 9.40. The quantitative estimate of drug-likeness (QED) is 0.526. The average molecular weight is 556 g/mol. The summed E-state index contributed by atoms with van der Waals surface area (Å²) in [6.07, 6.45) is 3.93. The van der Waals surface area contributed by atoms with Crippen LogP contribution < -0.4 is 4.74 Å². The molecule has 2 heterocycles. The summed E-state index contributed by atoms with van der Waals surface area (Å²) in [4.78, 5) is 19.8. The van der Waals surface area contributed by atoms with E-state index in [0.29, 0.717) is 18.4 Å². The number of aliphatic hydroxyl groups is 2. The van der Waals surface area contributed by atoms with Gasteiger partial charge in [-0.2, -0.15) is 4.31 Å². The first-order valence-corrected chi connectivity index (χ1v) is 14.7. The van der Waals surface area contributed by atoms with Crippen LogP contribution in [0.1, 0.15) is 61.0 Å². The Kier molecular flexibility index (Phi) is 8.66. The first kappa shape index (κ1) is 29.0. The zero-order valence-electron chi connectivity index (χ0n) is 22.9. The Morgan fingerprint density at radius 1 is 1.26 bits per heavy atom. The normalized spacial score (nSPS) is 21.8. The number of aryl methyl sites for hydroxylation is 1. The van der Waals surface area contributed by atoms with Gasteiger partial charge in [-0.15, -0.1) is 0 Å². The lowest BCUT2D eigenvalue weighted by atomic mass is 10.00. The molecule has 1 aromatic heterocycles. The van der Waals surface area contributed by atoms with Gasteiger partial charge in [0.2, 0.25) is 15.9 Å². The van der Waals surface area contributed by atoms with Crippen LogP contribution in [0.3, 0.4) is 0 Å². The minimum atomic E-state index is -3.78. The number of hydrogen-bond acceptors (Lipinski definition) is 7. The summed E-state index contributed by atoms with van der Waals surface area (Å²) in [6.45, 7) is 5.57. The van der Waals surface area contributed by atoms with E-state index in [4.69, 9.17) is 4.74 Å². The van der Waals surface area contributed by atoms with Crippen LogP contribution in [0.2, 0.25) is 0 Å². The number of benzene rings is 1. The molecule has 0 unspecified atom stereocenters. The largest absolute Gasteiger partial charge is 0.472 e. The highest BCUT2D eigenvalue weighted by molar-refractivity contribution is 7.89. The molecule has 9 nitrogen and oxygen atoms in total. The highest BCUT2D eigenvalue weighted by atomic mass is 32.2. The molecule has 1 fully saturated rings. The number of sulfonamides is 1. The van der Waals surface area contributed by atoms with Crippen molar-refractivity contribution in [3.63, 3.8) is 0 Å². The van der Waals surface area contributed by atoms with Crippen LogP contribution in [0.15, 0.2) is 41.4 Å². The van der Waals surface area contributed by atoms with Crippen LogP contribution in [0.5, 0.6) is 5.88 Å². The van der Waals surface area contributed by atoms with Crippen molar-refractivity contribution in [2.45, 2.75) is 69.1 Å². The van der Waals surface area contributed by atoms with E-state index in [1.165, 1.54) is 17.5 Å². The lowest BCUT2D eigenvalue weighted by molar-refractivity contribution is 0.0373. The van der Waals surface area contributed by atoms with Crippen molar-refractivity contribution in [2.24, 2.45) is 5.92 Å². The van der Waals surface area contributed by atoms with Gasteiger partial charge in [-0.3, -0.25) is 4.79 Å². The van der Waals surface area contributed by atoms with Crippen molar-refractivity contribution in [3.05, 3.63) is 53.2 Å². The molecule has 0 radical (unpaired) electrons. The van der Waals surface area contributed by atoms with Crippen LogP contribution >= 0.6 is 0 Å². The molecule has 0 spiro atoms. The van der Waals surface area contributed by atoms with Gasteiger partial charge in [0.05, 0.1) is 24.1 Å². The van der Waals surface area contributed by atoms with E-state index >= 15 is 0 Å². The monoisotopic (exact) mass is 555 g/mol. The van der Waals surface area contributed by atoms with Gasteiger partial charge in [0, 0.05) is 31.3 Å². The van der Waals surface area contributed by atoms with E-state index in [9.17, 15) is 23.4 Å². The second-order valence-corrected chi connectivity index (χ2v) is 12.8. The third kappa shape index (κ3) is 6.44. The molecular weight excluding hydrogens is 518 g/mol. The number of nitrogens with zero attached hydrogens (tertiary/aromatic N) is 3. The molecule has 1 aliphatic carbocycles. The van der Waals surface area contributed by atoms with Crippen molar-refractivity contribution in [1.82, 2.24) is 14.2 Å². The fraction of sp³-hybridized carbons (Fsp3) is 0.517. The van der Waals surface area contributed by atoms with E-state index in [1.54, 1.807) is 42.2 Å². The van der Waals surface area contributed by atoms with Gasteiger partial charge in [0.1, 0.15) is 17.3 Å². The van der Waals surface area contributed by atoms with Crippen molar-refractivity contribution in [1.29, 1.82) is 0 Å². The Bertz CT molecular complexity index is 1360. The van der Waals surface area contributed by atoms with E-state index in [2.05, 4.69) is 16.8 Å². The van der Waals surface area contributed by atoms with Gasteiger partial charge in [-0.25, -0.2) is 13.4 Å². The summed E-state index contributed by atoms with van der Waals surface area (Å²) in [7, 11) is -2.28. The molecule has 2 aromatic rings. The molecule has 1 saturated carbocycles. The number of aromatic nitrogens is 1. The number of pyridine rings is 1. The van der Waals surface area contributed by atoms with Crippen LogP contribution in [0, 0.1) is 24.7 Å². The Morgan fingerprint density at radius 3 is 2.56 bits per heavy atom. The number of aliphatic hydroxyl groups excluding tert-OH is 1. The zero-order chi connectivity index (χ0) is 28.4. The summed E-state index contributed by atoms with van der Waals surface area (Å²) in [6, 6.07) is 7.77. The standard InChI is InChI=1S/C29H37N3O6S/c1-20-7-9-24(10-8-20)39(36,37)31(4)18-26-21(2)17-32(22(3)19-33)28(34)25-15-23(16-30-27(25)38-26)11-14-29(35)12-5-6-13-29/h7-10,15-16,21-22,26,33,35H,5-6,12-13,17-19H2,1-4H3/t21-,22-,26+/m0/s1. The van der Waals surface area contributed by atoms with Crippen molar-refractivity contribution in [2.75, 3.05) is 26.7 Å². The predicted molar refractivity (Wildman–Crippen MR) is 147 cm³/mol. The number of fused-ring (bicyclic) bond motifs is 1. The number of ether oxygens (including phenoxy) is 1. The van der Waals surface area contributed by atoms with Gasteiger partial charge >= 0.3 is 0 Å². The average Bonchev–Trinajstić information content (AvgIpc) is 3.35. The summed E-state index contributed by atoms with van der Waals surface area (Å²) in [5, 5.41) is 20.5. The molecular formula is C29H37N3O6S. The first-order valence-electron chi connectivity index (χ1n) is 13.3. The second kappa shape index (κ2) is 11.6. The fourth-order valence-corrected chi connectivity index (χ4v) is 6.09. The summed E-state index contributed by atoms with van der Waals surface area (Å²) in [5.41, 5.74) is 0.574. The summed E-state index contributed by atoms with van der Waals surface area (Å²) >= 11 is 0. The molecule has 2 aliphatic rings. The van der Waals surface area contributed by atoms with Gasteiger partial charge < -0.3 is 19.8 Å². The first-order chi connectivity index (χ1) is 18.4. The molecule has 3 atom stereocenters. The fourth-order valence-electron chi connectivity index (χ4n) is 4.90.